The first-order chi connectivity index (χ1) is 12.6. The minimum atomic E-state index is 0.0198. The largest absolute Gasteiger partial charge is 0.492 e. The third kappa shape index (κ3) is 2.76. The van der Waals surface area contributed by atoms with E-state index < -0.39 is 0 Å². The van der Waals surface area contributed by atoms with E-state index in [2.05, 4.69) is 18.4 Å². The highest BCUT2D eigenvalue weighted by Crippen LogP contribution is 2.47. The van der Waals surface area contributed by atoms with Crippen molar-refractivity contribution >= 4 is 11.5 Å². The number of methoxy groups -OCH3 is 1. The molecule has 0 saturated carbocycles. The molecule has 0 saturated heterocycles. The molecule has 0 aliphatic carbocycles. The average molecular weight is 355 g/mol. The van der Waals surface area contributed by atoms with E-state index in [0.29, 0.717) is 11.3 Å². The van der Waals surface area contributed by atoms with Gasteiger partial charge in [0.1, 0.15) is 0 Å². The number of rotatable bonds is 4. The van der Waals surface area contributed by atoms with Crippen LogP contribution in [0.3, 0.4) is 0 Å². The van der Waals surface area contributed by atoms with Gasteiger partial charge in [0.05, 0.1) is 26.3 Å². The van der Waals surface area contributed by atoms with Crippen LogP contribution in [-0.2, 0) is 6.42 Å². The van der Waals surface area contributed by atoms with Crippen LogP contribution in [0, 0.1) is 0 Å². The molecule has 0 fully saturated rings. The van der Waals surface area contributed by atoms with E-state index in [1.54, 1.807) is 14.0 Å². The van der Waals surface area contributed by atoms with Crippen LogP contribution in [0.2, 0.25) is 0 Å². The van der Waals surface area contributed by atoms with Crippen LogP contribution in [-0.4, -0.2) is 33.3 Å². The van der Waals surface area contributed by atoms with Gasteiger partial charge in [-0.3, -0.25) is 4.79 Å². The summed E-state index contributed by atoms with van der Waals surface area (Å²) >= 11 is 0. The molecule has 136 valence electrons. The summed E-state index contributed by atoms with van der Waals surface area (Å²) in [5.41, 5.74) is 4.00. The second-order valence-electron chi connectivity index (χ2n) is 6.77. The predicted octanol–water partition coefficient (Wildman–Crippen LogP) is 1.81. The van der Waals surface area contributed by atoms with Gasteiger partial charge in [0.25, 0.3) is 0 Å². The van der Waals surface area contributed by atoms with Crippen LogP contribution < -0.4 is 24.4 Å². The topological polar surface area (TPSA) is 61.2 Å². The first kappa shape index (κ1) is 16.7. The van der Waals surface area contributed by atoms with Crippen molar-refractivity contribution in [2.24, 2.45) is 0 Å². The Morgan fingerprint density at radius 1 is 1.27 bits per heavy atom. The molecule has 2 aliphatic heterocycles. The van der Waals surface area contributed by atoms with E-state index in [-0.39, 0.29) is 18.7 Å². The number of carbonyl (C=O) groups excluding carboxylic acids is 1. The molecule has 1 unspecified atom stereocenters. The summed E-state index contributed by atoms with van der Waals surface area (Å²) in [6.45, 7) is 2.80. The molecular formula is C20H23N2O4+. The van der Waals surface area contributed by atoms with Crippen LogP contribution in [0.25, 0.3) is 0 Å². The lowest BCUT2D eigenvalue weighted by molar-refractivity contribution is -0.910. The van der Waals surface area contributed by atoms with Crippen LogP contribution in [0.1, 0.15) is 34.6 Å². The molecular weight excluding hydrogens is 332 g/mol. The molecule has 2 heterocycles. The van der Waals surface area contributed by atoms with Crippen molar-refractivity contribution in [2.45, 2.75) is 19.5 Å². The fourth-order valence-corrected chi connectivity index (χ4v) is 3.69. The monoisotopic (exact) mass is 355 g/mol. The van der Waals surface area contributed by atoms with E-state index in [1.165, 1.54) is 10.5 Å². The number of quaternary nitrogens is 1. The standard InChI is InChI=1S/C20H22N2O4/c1-12(23)13-4-6-15(7-5-13)21-20-17-14(8-9-22(20)2)10-16-18(19(17)24-3)26-11-25-16/h4-7,10,20-21H,8-9,11H2,1-3H3/p+1/t20-/m0/s1. The Balaban J connectivity index is 1.72. The van der Waals surface area contributed by atoms with E-state index in [1.807, 2.05) is 24.3 Å². The molecule has 2 aliphatic rings. The molecule has 0 radical (unpaired) electrons. The number of anilines is 1. The number of benzene rings is 2. The summed E-state index contributed by atoms with van der Waals surface area (Å²) in [6, 6.07) is 9.65. The van der Waals surface area contributed by atoms with Gasteiger partial charge in [-0.2, -0.15) is 0 Å². The summed E-state index contributed by atoms with van der Waals surface area (Å²) in [6.07, 6.45) is 0.974. The summed E-state index contributed by atoms with van der Waals surface area (Å²) in [5, 5.41) is 3.59. The fourth-order valence-electron chi connectivity index (χ4n) is 3.69. The number of Topliss-reactive ketones (excluding diaryl/α,β-unsaturated/α-hetero) is 1. The lowest BCUT2D eigenvalue weighted by atomic mass is 9.94. The van der Waals surface area contributed by atoms with E-state index in [9.17, 15) is 4.79 Å². The molecule has 0 amide bonds. The molecule has 2 aromatic carbocycles. The normalized spacial score (nSPS) is 20.4. The second kappa shape index (κ2) is 6.53. The first-order valence-electron chi connectivity index (χ1n) is 8.77. The Morgan fingerprint density at radius 3 is 2.73 bits per heavy atom. The number of hydrogen-bond donors (Lipinski definition) is 2. The van der Waals surface area contributed by atoms with Crippen LogP contribution >= 0.6 is 0 Å². The van der Waals surface area contributed by atoms with Gasteiger partial charge in [0.15, 0.2) is 23.4 Å². The van der Waals surface area contributed by atoms with Gasteiger partial charge in [0.2, 0.25) is 12.5 Å². The first-order valence-corrected chi connectivity index (χ1v) is 8.77. The molecule has 0 spiro atoms. The lowest BCUT2D eigenvalue weighted by Crippen LogP contribution is -3.11. The third-order valence-electron chi connectivity index (χ3n) is 5.12. The molecule has 6 heteroatoms. The highest BCUT2D eigenvalue weighted by Gasteiger charge is 2.36. The van der Waals surface area contributed by atoms with Crippen molar-refractivity contribution in [1.29, 1.82) is 0 Å². The number of likely N-dealkylation sites (N-methyl/N-ethyl adjacent to an activating group) is 1. The Morgan fingerprint density at radius 2 is 2.04 bits per heavy atom. The Labute approximate surface area is 152 Å². The van der Waals surface area contributed by atoms with Gasteiger partial charge >= 0.3 is 0 Å². The van der Waals surface area contributed by atoms with Crippen LogP contribution in [0.5, 0.6) is 17.2 Å². The fraction of sp³-hybridized carbons (Fsp3) is 0.350. The minimum Gasteiger partial charge on any atom is -0.492 e. The van der Waals surface area contributed by atoms with Gasteiger partial charge in [-0.05, 0) is 42.8 Å². The molecule has 2 atom stereocenters. The van der Waals surface area contributed by atoms with E-state index in [0.717, 1.165) is 35.7 Å². The Kier molecular flexibility index (Phi) is 4.20. The van der Waals surface area contributed by atoms with Crippen molar-refractivity contribution in [1.82, 2.24) is 0 Å². The number of fused-ring (bicyclic) bond motifs is 2. The Hall–Kier alpha value is -2.73. The summed E-state index contributed by atoms with van der Waals surface area (Å²) in [7, 11) is 3.83. The number of carbonyl (C=O) groups is 1. The highest BCUT2D eigenvalue weighted by atomic mass is 16.7. The molecule has 0 aromatic heterocycles. The molecule has 4 rings (SSSR count). The smallest absolute Gasteiger partial charge is 0.231 e. The van der Waals surface area contributed by atoms with Crippen molar-refractivity contribution < 1.29 is 23.9 Å². The second-order valence-corrected chi connectivity index (χ2v) is 6.77. The van der Waals surface area contributed by atoms with E-state index in [4.69, 9.17) is 14.2 Å². The molecule has 2 N–H and O–H groups in total. The molecule has 2 aromatic rings. The van der Waals surface area contributed by atoms with Crippen molar-refractivity contribution in [3.63, 3.8) is 0 Å². The zero-order chi connectivity index (χ0) is 18.3. The van der Waals surface area contributed by atoms with Crippen LogP contribution in [0.4, 0.5) is 5.69 Å². The maximum absolute atomic E-state index is 11.5. The number of nitrogens with one attached hydrogen (secondary N) is 2. The average Bonchev–Trinajstić information content (AvgIpc) is 3.11. The highest BCUT2D eigenvalue weighted by molar-refractivity contribution is 5.94. The van der Waals surface area contributed by atoms with Crippen molar-refractivity contribution in [3.8, 4) is 17.2 Å². The Bertz CT molecular complexity index is 848. The zero-order valence-electron chi connectivity index (χ0n) is 15.2. The molecule has 6 nitrogen and oxygen atoms in total. The summed E-state index contributed by atoms with van der Waals surface area (Å²) in [4.78, 5) is 12.8. The number of ether oxygens (including phenoxy) is 3. The maximum atomic E-state index is 11.5. The summed E-state index contributed by atoms with van der Waals surface area (Å²) < 4.78 is 16.9. The molecule has 26 heavy (non-hydrogen) atoms. The van der Waals surface area contributed by atoms with Gasteiger partial charge in [0, 0.05) is 17.7 Å². The van der Waals surface area contributed by atoms with Gasteiger partial charge < -0.3 is 24.4 Å². The molecule has 0 bridgehead atoms. The number of ketones is 1. The van der Waals surface area contributed by atoms with Crippen LogP contribution in [0.15, 0.2) is 30.3 Å². The minimum absolute atomic E-state index is 0.0198. The zero-order valence-corrected chi connectivity index (χ0v) is 15.2. The van der Waals surface area contributed by atoms with Gasteiger partial charge in [-0.15, -0.1) is 0 Å². The van der Waals surface area contributed by atoms with Crippen molar-refractivity contribution in [3.05, 3.63) is 47.0 Å². The van der Waals surface area contributed by atoms with Gasteiger partial charge in [-0.25, -0.2) is 0 Å². The van der Waals surface area contributed by atoms with Gasteiger partial charge in [-0.1, -0.05) is 0 Å². The summed E-state index contributed by atoms with van der Waals surface area (Å²) in [5.74, 6) is 2.24. The SMILES string of the molecule is COc1c2c(cc3c1[C@@H](Nc1ccc(C(C)=O)cc1)[NH+](C)CC3)OCO2. The lowest BCUT2D eigenvalue weighted by Gasteiger charge is -2.33. The number of hydrogen-bond acceptors (Lipinski definition) is 5. The van der Waals surface area contributed by atoms with Crippen molar-refractivity contribution in [2.75, 3.05) is 32.8 Å². The maximum Gasteiger partial charge on any atom is 0.231 e. The quantitative estimate of drug-likeness (QED) is 0.819. The van der Waals surface area contributed by atoms with E-state index >= 15 is 0 Å². The predicted molar refractivity (Wildman–Crippen MR) is 97.4 cm³/mol. The third-order valence-corrected chi connectivity index (χ3v) is 5.12.